The van der Waals surface area contributed by atoms with Crippen LogP contribution in [-0.4, -0.2) is 42.1 Å². The summed E-state index contributed by atoms with van der Waals surface area (Å²) in [5.41, 5.74) is 3.42. The lowest BCUT2D eigenvalue weighted by Gasteiger charge is -2.27. The van der Waals surface area contributed by atoms with Crippen LogP contribution in [0.25, 0.3) is 0 Å². The number of aromatic nitrogens is 1. The van der Waals surface area contributed by atoms with Crippen molar-refractivity contribution >= 4 is 6.03 Å². The number of carbonyl (C=O) groups is 1. The van der Waals surface area contributed by atoms with Crippen LogP contribution in [-0.2, 0) is 6.54 Å². The Labute approximate surface area is 102 Å². The number of amides is 2. The Kier molecular flexibility index (Phi) is 3.68. The van der Waals surface area contributed by atoms with E-state index in [4.69, 9.17) is 0 Å². The molecule has 0 bridgehead atoms. The molecule has 0 saturated carbocycles. The number of rotatable bonds is 2. The smallest absolute Gasteiger partial charge is 0.317 e. The Hall–Kier alpha value is -1.49. The summed E-state index contributed by atoms with van der Waals surface area (Å²) < 4.78 is 0. The second-order valence-electron chi connectivity index (χ2n) is 4.50. The molecule has 2 rings (SSSR count). The first-order chi connectivity index (χ1) is 8.16. The first kappa shape index (κ1) is 12.0. The predicted molar refractivity (Wildman–Crippen MR) is 66.9 cm³/mol. The maximum Gasteiger partial charge on any atom is 0.317 e. The number of hydrogen-bond acceptors (Lipinski definition) is 2. The molecule has 1 saturated heterocycles. The fourth-order valence-corrected chi connectivity index (χ4v) is 2.12. The monoisotopic (exact) mass is 236 g/mol. The van der Waals surface area contributed by atoms with Gasteiger partial charge in [0.2, 0.25) is 0 Å². The van der Waals surface area contributed by atoms with E-state index in [1.807, 2.05) is 18.7 Å². The van der Waals surface area contributed by atoms with Crippen LogP contribution in [0.2, 0.25) is 0 Å². The van der Waals surface area contributed by atoms with E-state index in [9.17, 15) is 4.79 Å². The molecule has 3 N–H and O–H groups in total. The highest BCUT2D eigenvalue weighted by molar-refractivity contribution is 5.74. The molecule has 1 fully saturated rings. The van der Waals surface area contributed by atoms with Crippen molar-refractivity contribution in [1.29, 1.82) is 0 Å². The number of urea groups is 1. The fourth-order valence-electron chi connectivity index (χ4n) is 2.12. The lowest BCUT2D eigenvalue weighted by molar-refractivity contribution is 0.189. The molecular weight excluding hydrogens is 216 g/mol. The molecule has 0 radical (unpaired) electrons. The molecule has 0 atom stereocenters. The van der Waals surface area contributed by atoms with Gasteiger partial charge in [-0.2, -0.15) is 0 Å². The molecule has 5 nitrogen and oxygen atoms in total. The van der Waals surface area contributed by atoms with Gasteiger partial charge in [-0.05, 0) is 25.5 Å². The van der Waals surface area contributed by atoms with Gasteiger partial charge in [-0.15, -0.1) is 0 Å². The SMILES string of the molecule is Cc1cc(CNC(=O)N2CCNCC2)c(C)[nH]1. The van der Waals surface area contributed by atoms with Crippen molar-refractivity contribution in [3.8, 4) is 0 Å². The van der Waals surface area contributed by atoms with Crippen molar-refractivity contribution < 1.29 is 4.79 Å². The Balaban J connectivity index is 1.85. The van der Waals surface area contributed by atoms with Crippen LogP contribution in [0.15, 0.2) is 6.07 Å². The summed E-state index contributed by atoms with van der Waals surface area (Å²) in [5.74, 6) is 0. The number of nitrogens with one attached hydrogen (secondary N) is 3. The van der Waals surface area contributed by atoms with E-state index < -0.39 is 0 Å². The van der Waals surface area contributed by atoms with Crippen LogP contribution < -0.4 is 10.6 Å². The minimum atomic E-state index is 0.0322. The highest BCUT2D eigenvalue weighted by Gasteiger charge is 2.15. The molecule has 0 aliphatic carbocycles. The molecule has 1 aliphatic rings. The van der Waals surface area contributed by atoms with E-state index in [2.05, 4.69) is 21.7 Å². The van der Waals surface area contributed by atoms with Gasteiger partial charge in [0.15, 0.2) is 0 Å². The van der Waals surface area contributed by atoms with Gasteiger partial charge in [-0.3, -0.25) is 0 Å². The number of H-pyrrole nitrogens is 1. The van der Waals surface area contributed by atoms with Crippen LogP contribution in [0.3, 0.4) is 0 Å². The first-order valence-electron chi connectivity index (χ1n) is 6.05. The van der Waals surface area contributed by atoms with Crippen molar-refractivity contribution in [1.82, 2.24) is 20.5 Å². The Bertz CT molecular complexity index is 393. The number of hydrogen-bond donors (Lipinski definition) is 3. The third kappa shape index (κ3) is 3.00. The summed E-state index contributed by atoms with van der Waals surface area (Å²) in [5, 5.41) is 6.19. The van der Waals surface area contributed by atoms with Crippen molar-refractivity contribution in [3.63, 3.8) is 0 Å². The summed E-state index contributed by atoms with van der Waals surface area (Å²) >= 11 is 0. The second-order valence-corrected chi connectivity index (χ2v) is 4.50. The van der Waals surface area contributed by atoms with E-state index in [0.717, 1.165) is 43.1 Å². The molecular formula is C12H20N4O. The van der Waals surface area contributed by atoms with Gasteiger partial charge in [0.25, 0.3) is 0 Å². The molecule has 2 heterocycles. The highest BCUT2D eigenvalue weighted by Crippen LogP contribution is 2.08. The summed E-state index contributed by atoms with van der Waals surface area (Å²) in [7, 11) is 0. The van der Waals surface area contributed by atoms with Crippen LogP contribution >= 0.6 is 0 Å². The van der Waals surface area contributed by atoms with Crippen molar-refractivity contribution in [3.05, 3.63) is 23.0 Å². The highest BCUT2D eigenvalue weighted by atomic mass is 16.2. The summed E-state index contributed by atoms with van der Waals surface area (Å²) in [6, 6.07) is 2.11. The number of nitrogens with zero attached hydrogens (tertiary/aromatic N) is 1. The van der Waals surface area contributed by atoms with Crippen molar-refractivity contribution in [2.75, 3.05) is 26.2 Å². The molecule has 1 aromatic rings. The summed E-state index contributed by atoms with van der Waals surface area (Å²) in [6.45, 7) is 7.99. The molecule has 1 aliphatic heterocycles. The van der Waals surface area contributed by atoms with E-state index in [1.165, 1.54) is 0 Å². The summed E-state index contributed by atoms with van der Waals surface area (Å²) in [6.07, 6.45) is 0. The summed E-state index contributed by atoms with van der Waals surface area (Å²) in [4.78, 5) is 17.0. The van der Waals surface area contributed by atoms with Gasteiger partial charge in [-0.1, -0.05) is 0 Å². The third-order valence-corrected chi connectivity index (χ3v) is 3.09. The molecule has 5 heteroatoms. The van der Waals surface area contributed by atoms with E-state index in [0.29, 0.717) is 6.54 Å². The minimum absolute atomic E-state index is 0.0322. The average Bonchev–Trinajstić information content (AvgIpc) is 2.66. The number of carbonyl (C=O) groups excluding carboxylic acids is 1. The zero-order chi connectivity index (χ0) is 12.3. The lowest BCUT2D eigenvalue weighted by Crippen LogP contribution is -2.50. The van der Waals surface area contributed by atoms with Gasteiger partial charge in [0, 0.05) is 44.1 Å². The molecule has 2 amide bonds. The van der Waals surface area contributed by atoms with Gasteiger partial charge < -0.3 is 20.5 Å². The molecule has 94 valence electrons. The number of aryl methyl sites for hydroxylation is 2. The van der Waals surface area contributed by atoms with Gasteiger partial charge in [0.05, 0.1) is 0 Å². The third-order valence-electron chi connectivity index (χ3n) is 3.09. The normalized spacial score (nSPS) is 16.0. The van der Waals surface area contributed by atoms with Gasteiger partial charge in [-0.25, -0.2) is 4.79 Å². The molecule has 0 aromatic carbocycles. The van der Waals surface area contributed by atoms with Crippen LogP contribution in [0, 0.1) is 13.8 Å². The van der Waals surface area contributed by atoms with Crippen LogP contribution in [0.1, 0.15) is 17.0 Å². The standard InChI is InChI=1S/C12H20N4O/c1-9-7-11(10(2)15-9)8-14-12(17)16-5-3-13-4-6-16/h7,13,15H,3-6,8H2,1-2H3,(H,14,17). The van der Waals surface area contributed by atoms with Crippen molar-refractivity contribution in [2.45, 2.75) is 20.4 Å². The average molecular weight is 236 g/mol. The molecule has 0 unspecified atom stereocenters. The van der Waals surface area contributed by atoms with E-state index in [1.54, 1.807) is 0 Å². The van der Waals surface area contributed by atoms with Crippen LogP contribution in [0.4, 0.5) is 4.79 Å². The number of aromatic amines is 1. The first-order valence-corrected chi connectivity index (χ1v) is 6.05. The number of piperazine rings is 1. The Morgan fingerprint density at radius 3 is 2.71 bits per heavy atom. The predicted octanol–water partition coefficient (Wildman–Crippen LogP) is 0.746. The zero-order valence-corrected chi connectivity index (χ0v) is 10.5. The molecule has 0 spiro atoms. The maximum absolute atomic E-state index is 11.9. The lowest BCUT2D eigenvalue weighted by atomic mass is 10.2. The maximum atomic E-state index is 11.9. The van der Waals surface area contributed by atoms with Crippen molar-refractivity contribution in [2.24, 2.45) is 0 Å². The fraction of sp³-hybridized carbons (Fsp3) is 0.583. The second kappa shape index (κ2) is 5.23. The largest absolute Gasteiger partial charge is 0.362 e. The van der Waals surface area contributed by atoms with Gasteiger partial charge >= 0.3 is 6.03 Å². The van der Waals surface area contributed by atoms with E-state index in [-0.39, 0.29) is 6.03 Å². The van der Waals surface area contributed by atoms with E-state index >= 15 is 0 Å². The quantitative estimate of drug-likeness (QED) is 0.709. The minimum Gasteiger partial charge on any atom is -0.362 e. The Morgan fingerprint density at radius 1 is 1.41 bits per heavy atom. The topological polar surface area (TPSA) is 60.2 Å². The molecule has 17 heavy (non-hydrogen) atoms. The van der Waals surface area contributed by atoms with Gasteiger partial charge in [0.1, 0.15) is 0 Å². The molecule has 1 aromatic heterocycles. The van der Waals surface area contributed by atoms with Crippen LogP contribution in [0.5, 0.6) is 0 Å². The zero-order valence-electron chi connectivity index (χ0n) is 10.5. The Morgan fingerprint density at radius 2 is 2.12 bits per heavy atom.